The topological polar surface area (TPSA) is 77.0 Å². The Morgan fingerprint density at radius 2 is 1.91 bits per heavy atom. The van der Waals surface area contributed by atoms with Gasteiger partial charge in [0, 0.05) is 16.3 Å². The van der Waals surface area contributed by atoms with Crippen LogP contribution in [-0.4, -0.2) is 11.0 Å². The molecule has 0 aliphatic heterocycles. The van der Waals surface area contributed by atoms with Crippen molar-refractivity contribution in [2.45, 2.75) is 0 Å². The van der Waals surface area contributed by atoms with Crippen LogP contribution in [0.1, 0.15) is 15.9 Å². The summed E-state index contributed by atoms with van der Waals surface area (Å²) in [7, 11) is 0. The normalized spacial score (nSPS) is 9.45. The van der Waals surface area contributed by atoms with Crippen LogP contribution in [0.2, 0.25) is 5.02 Å². The van der Waals surface area contributed by atoms with Crippen molar-refractivity contribution in [3.8, 4) is 6.07 Å². The van der Waals surface area contributed by atoms with Gasteiger partial charge < -0.3 is 5.32 Å². The van der Waals surface area contributed by atoms with E-state index in [0.717, 1.165) is 0 Å². The molecule has 0 aromatic heterocycles. The second kappa shape index (κ2) is 7.41. The maximum absolute atomic E-state index is 11.9. The molecular formula is C15H11ClN4OS. The molecular weight excluding hydrogens is 320 g/mol. The van der Waals surface area contributed by atoms with Crippen LogP contribution in [0.15, 0.2) is 48.5 Å². The van der Waals surface area contributed by atoms with E-state index in [1.54, 1.807) is 42.5 Å². The summed E-state index contributed by atoms with van der Waals surface area (Å²) in [6.45, 7) is 0. The van der Waals surface area contributed by atoms with E-state index in [1.165, 1.54) is 6.07 Å². The molecule has 0 radical (unpaired) electrons. The molecule has 0 atom stereocenters. The lowest BCUT2D eigenvalue weighted by atomic mass is 10.1. The number of halogens is 1. The number of nitriles is 1. The van der Waals surface area contributed by atoms with Gasteiger partial charge in [0.15, 0.2) is 5.11 Å². The smallest absolute Gasteiger partial charge is 0.269 e. The zero-order valence-electron chi connectivity index (χ0n) is 11.3. The minimum absolute atomic E-state index is 0.215. The van der Waals surface area contributed by atoms with Crippen LogP contribution in [0.5, 0.6) is 0 Å². The van der Waals surface area contributed by atoms with Crippen LogP contribution in [-0.2, 0) is 0 Å². The zero-order valence-corrected chi connectivity index (χ0v) is 12.8. The fourth-order valence-corrected chi connectivity index (χ4v) is 2.00. The first kappa shape index (κ1) is 15.8. The number of nitrogens with one attached hydrogen (secondary N) is 3. The Labute approximate surface area is 137 Å². The molecule has 0 heterocycles. The van der Waals surface area contributed by atoms with E-state index in [0.29, 0.717) is 21.8 Å². The molecule has 2 rings (SSSR count). The minimum Gasteiger partial charge on any atom is -0.331 e. The molecule has 0 fully saturated rings. The zero-order chi connectivity index (χ0) is 15.9. The highest BCUT2D eigenvalue weighted by atomic mass is 35.5. The van der Waals surface area contributed by atoms with Gasteiger partial charge in [0.05, 0.1) is 11.6 Å². The van der Waals surface area contributed by atoms with Crippen LogP contribution in [0.4, 0.5) is 5.69 Å². The average Bonchev–Trinajstić information content (AvgIpc) is 2.52. The van der Waals surface area contributed by atoms with Crippen LogP contribution >= 0.6 is 23.8 Å². The Morgan fingerprint density at radius 1 is 1.14 bits per heavy atom. The Bertz CT molecular complexity index is 757. The van der Waals surface area contributed by atoms with E-state index < -0.39 is 5.91 Å². The van der Waals surface area contributed by atoms with Gasteiger partial charge in [-0.25, -0.2) is 0 Å². The predicted molar refractivity (Wildman–Crippen MR) is 89.4 cm³/mol. The molecule has 1 amide bonds. The van der Waals surface area contributed by atoms with Crippen molar-refractivity contribution in [3.05, 3.63) is 64.7 Å². The summed E-state index contributed by atoms with van der Waals surface area (Å²) in [4.78, 5) is 11.9. The van der Waals surface area contributed by atoms with Crippen molar-refractivity contribution in [2.75, 3.05) is 5.32 Å². The van der Waals surface area contributed by atoms with Gasteiger partial charge in [0.2, 0.25) is 0 Å². The second-order valence-electron chi connectivity index (χ2n) is 4.24. The molecule has 7 heteroatoms. The summed E-state index contributed by atoms with van der Waals surface area (Å²) in [5.74, 6) is -0.396. The highest BCUT2D eigenvalue weighted by molar-refractivity contribution is 7.80. The van der Waals surface area contributed by atoms with Crippen molar-refractivity contribution in [3.63, 3.8) is 0 Å². The highest BCUT2D eigenvalue weighted by Gasteiger charge is 2.06. The van der Waals surface area contributed by atoms with E-state index in [4.69, 9.17) is 29.1 Å². The lowest BCUT2D eigenvalue weighted by Gasteiger charge is -2.11. The van der Waals surface area contributed by atoms with Gasteiger partial charge >= 0.3 is 0 Å². The van der Waals surface area contributed by atoms with Gasteiger partial charge in [-0.1, -0.05) is 23.7 Å². The number of hydrogen-bond acceptors (Lipinski definition) is 3. The van der Waals surface area contributed by atoms with Gasteiger partial charge in [0.25, 0.3) is 5.91 Å². The van der Waals surface area contributed by atoms with Gasteiger partial charge in [-0.2, -0.15) is 5.26 Å². The number of carbonyl (C=O) groups is 1. The number of nitrogens with zero attached hydrogens (tertiary/aromatic N) is 1. The Balaban J connectivity index is 1.90. The van der Waals surface area contributed by atoms with Crippen molar-refractivity contribution < 1.29 is 4.79 Å². The first-order valence-corrected chi connectivity index (χ1v) is 7.00. The van der Waals surface area contributed by atoms with E-state index >= 15 is 0 Å². The third kappa shape index (κ3) is 4.45. The van der Waals surface area contributed by atoms with E-state index in [1.807, 2.05) is 6.07 Å². The lowest BCUT2D eigenvalue weighted by molar-refractivity contribution is 0.0944. The predicted octanol–water partition coefficient (Wildman–Crippen LogP) is 2.84. The minimum atomic E-state index is -0.396. The number of anilines is 1. The second-order valence-corrected chi connectivity index (χ2v) is 5.08. The van der Waals surface area contributed by atoms with Crippen LogP contribution < -0.4 is 16.2 Å². The first-order valence-electron chi connectivity index (χ1n) is 6.21. The summed E-state index contributed by atoms with van der Waals surface area (Å²) in [5.41, 5.74) is 6.50. The highest BCUT2D eigenvalue weighted by Crippen LogP contribution is 2.14. The number of thiocarbonyl (C=S) groups is 1. The number of hydrogen-bond donors (Lipinski definition) is 3. The number of carbonyl (C=O) groups excluding carboxylic acids is 1. The van der Waals surface area contributed by atoms with E-state index in [-0.39, 0.29) is 5.11 Å². The fourth-order valence-electron chi connectivity index (χ4n) is 1.64. The van der Waals surface area contributed by atoms with E-state index in [9.17, 15) is 4.79 Å². The molecule has 0 saturated heterocycles. The first-order chi connectivity index (χ1) is 10.6. The summed E-state index contributed by atoms with van der Waals surface area (Å²) < 4.78 is 0. The number of rotatable bonds is 2. The SMILES string of the molecule is N#Cc1cccc(C(=O)NNC(=S)Nc2cccc(Cl)c2)c1. The molecule has 5 nitrogen and oxygen atoms in total. The van der Waals surface area contributed by atoms with Crippen molar-refractivity contribution >= 4 is 40.5 Å². The van der Waals surface area contributed by atoms with Gasteiger partial charge in [0.1, 0.15) is 0 Å². The standard InChI is InChI=1S/C15H11ClN4OS/c16-12-5-2-6-13(8-12)18-15(22)20-19-14(21)11-4-1-3-10(7-11)9-17/h1-8H,(H,19,21)(H2,18,20,22). The summed E-state index contributed by atoms with van der Waals surface area (Å²) in [5, 5.41) is 12.5. The van der Waals surface area contributed by atoms with Gasteiger partial charge in [-0.3, -0.25) is 15.6 Å². The average molecular weight is 331 g/mol. The molecule has 110 valence electrons. The third-order valence-electron chi connectivity index (χ3n) is 2.63. The molecule has 2 aromatic rings. The largest absolute Gasteiger partial charge is 0.331 e. The van der Waals surface area contributed by atoms with Crippen molar-refractivity contribution in [1.29, 1.82) is 5.26 Å². The lowest BCUT2D eigenvalue weighted by Crippen LogP contribution is -2.43. The van der Waals surface area contributed by atoms with Crippen LogP contribution in [0.3, 0.4) is 0 Å². The Kier molecular flexibility index (Phi) is 5.31. The maximum atomic E-state index is 11.9. The molecule has 0 unspecified atom stereocenters. The summed E-state index contributed by atoms with van der Waals surface area (Å²) in [6, 6.07) is 15.3. The van der Waals surface area contributed by atoms with Crippen LogP contribution in [0, 0.1) is 11.3 Å². The molecule has 0 aliphatic carbocycles. The Hall–Kier alpha value is -2.62. The summed E-state index contributed by atoms with van der Waals surface area (Å²) >= 11 is 10.9. The monoisotopic (exact) mass is 330 g/mol. The molecule has 3 N–H and O–H groups in total. The summed E-state index contributed by atoms with van der Waals surface area (Å²) in [6.07, 6.45) is 0. The van der Waals surface area contributed by atoms with E-state index in [2.05, 4.69) is 16.2 Å². The quantitative estimate of drug-likeness (QED) is 0.583. The van der Waals surface area contributed by atoms with Gasteiger partial charge in [-0.05, 0) is 48.6 Å². The molecule has 0 saturated carbocycles. The third-order valence-corrected chi connectivity index (χ3v) is 3.07. The maximum Gasteiger partial charge on any atom is 0.269 e. The molecule has 0 aliphatic rings. The Morgan fingerprint density at radius 3 is 2.64 bits per heavy atom. The van der Waals surface area contributed by atoms with Crippen molar-refractivity contribution in [1.82, 2.24) is 10.9 Å². The molecule has 0 bridgehead atoms. The van der Waals surface area contributed by atoms with Crippen molar-refractivity contribution in [2.24, 2.45) is 0 Å². The molecule has 2 aromatic carbocycles. The molecule has 0 spiro atoms. The fraction of sp³-hybridized carbons (Fsp3) is 0. The number of amides is 1. The number of hydrazine groups is 1. The molecule has 22 heavy (non-hydrogen) atoms. The van der Waals surface area contributed by atoms with Crippen LogP contribution in [0.25, 0.3) is 0 Å². The number of benzene rings is 2. The van der Waals surface area contributed by atoms with Gasteiger partial charge in [-0.15, -0.1) is 0 Å².